The highest BCUT2D eigenvalue weighted by Gasteiger charge is 2.16. The van der Waals surface area contributed by atoms with Crippen LogP contribution in [0.1, 0.15) is 58.3 Å². The maximum Gasteiger partial charge on any atom is 0.223 e. The summed E-state index contributed by atoms with van der Waals surface area (Å²) in [5, 5.41) is 3.15. The summed E-state index contributed by atoms with van der Waals surface area (Å²) >= 11 is 0. The van der Waals surface area contributed by atoms with Crippen molar-refractivity contribution < 1.29 is 4.79 Å². The van der Waals surface area contributed by atoms with Crippen molar-refractivity contribution in [2.24, 2.45) is 5.92 Å². The smallest absolute Gasteiger partial charge is 0.223 e. The van der Waals surface area contributed by atoms with Crippen LogP contribution in [0.2, 0.25) is 0 Å². The van der Waals surface area contributed by atoms with Gasteiger partial charge in [0.15, 0.2) is 0 Å². The zero-order valence-electron chi connectivity index (χ0n) is 15.7. The monoisotopic (exact) mass is 313 g/mol. The largest absolute Gasteiger partial charge is 0.356 e. The Balaban J connectivity index is 3.94. The topological polar surface area (TPSA) is 35.6 Å². The van der Waals surface area contributed by atoms with Crippen LogP contribution < -0.4 is 5.32 Å². The molecule has 132 valence electrons. The number of carbonyl (C=O) groups is 1. The maximum absolute atomic E-state index is 12.3. The van der Waals surface area contributed by atoms with Crippen LogP contribution in [0, 0.1) is 5.92 Å². The third kappa shape index (κ3) is 13.1. The molecular weight excluding hydrogens is 274 g/mol. The van der Waals surface area contributed by atoms with Crippen LogP contribution in [0.3, 0.4) is 0 Å². The number of unbranched alkanes of at least 4 members (excludes halogenated alkanes) is 3. The van der Waals surface area contributed by atoms with E-state index >= 15 is 0 Å². The normalized spacial score (nSPS) is 12.9. The van der Waals surface area contributed by atoms with Crippen molar-refractivity contribution in [3.63, 3.8) is 0 Å². The van der Waals surface area contributed by atoms with E-state index in [1.807, 2.05) is 0 Å². The predicted molar refractivity (Wildman–Crippen MR) is 96.2 cm³/mol. The molecule has 4 heteroatoms. The van der Waals surface area contributed by atoms with Gasteiger partial charge in [-0.05, 0) is 73.4 Å². The Kier molecular flexibility index (Phi) is 13.6. The summed E-state index contributed by atoms with van der Waals surface area (Å²) < 4.78 is 0. The molecule has 0 fully saturated rings. The molecule has 0 saturated carbocycles. The zero-order valence-corrected chi connectivity index (χ0v) is 15.7. The first kappa shape index (κ1) is 21.4. The molecule has 0 spiro atoms. The van der Waals surface area contributed by atoms with E-state index in [-0.39, 0.29) is 11.8 Å². The van der Waals surface area contributed by atoms with Crippen molar-refractivity contribution in [3.05, 3.63) is 0 Å². The number of nitrogens with zero attached hydrogens (tertiary/aromatic N) is 2. The Labute approximate surface area is 138 Å². The quantitative estimate of drug-likeness (QED) is 0.501. The van der Waals surface area contributed by atoms with Crippen molar-refractivity contribution in [3.8, 4) is 0 Å². The molecule has 1 amide bonds. The summed E-state index contributed by atoms with van der Waals surface area (Å²) in [6.07, 6.45) is 8.98. The molecule has 1 unspecified atom stereocenters. The first-order valence-corrected chi connectivity index (χ1v) is 9.04. The van der Waals surface area contributed by atoms with Gasteiger partial charge in [-0.15, -0.1) is 0 Å². The van der Waals surface area contributed by atoms with Gasteiger partial charge >= 0.3 is 0 Å². The number of carbonyl (C=O) groups excluding carboxylic acids is 1. The molecule has 0 heterocycles. The Morgan fingerprint density at radius 2 is 1.41 bits per heavy atom. The van der Waals surface area contributed by atoms with Crippen LogP contribution in [0.5, 0.6) is 0 Å². The minimum atomic E-state index is 0.218. The third-order valence-corrected chi connectivity index (χ3v) is 4.02. The average molecular weight is 314 g/mol. The van der Waals surface area contributed by atoms with Gasteiger partial charge in [-0.1, -0.05) is 26.2 Å². The molecular formula is C18H39N3O. The second kappa shape index (κ2) is 14.0. The lowest BCUT2D eigenvalue weighted by Gasteiger charge is -2.17. The summed E-state index contributed by atoms with van der Waals surface area (Å²) in [6.45, 7) is 5.24. The molecule has 0 aromatic carbocycles. The third-order valence-electron chi connectivity index (χ3n) is 4.02. The molecule has 0 aromatic heterocycles. The highest BCUT2D eigenvalue weighted by Crippen LogP contribution is 2.16. The molecule has 22 heavy (non-hydrogen) atoms. The zero-order chi connectivity index (χ0) is 16.8. The highest BCUT2D eigenvalue weighted by molar-refractivity contribution is 5.78. The van der Waals surface area contributed by atoms with Crippen molar-refractivity contribution in [1.82, 2.24) is 15.1 Å². The summed E-state index contributed by atoms with van der Waals surface area (Å²) in [7, 11) is 8.39. The van der Waals surface area contributed by atoms with Gasteiger partial charge in [0.25, 0.3) is 0 Å². The van der Waals surface area contributed by atoms with Gasteiger partial charge in [-0.25, -0.2) is 0 Å². The van der Waals surface area contributed by atoms with Crippen LogP contribution >= 0.6 is 0 Å². The van der Waals surface area contributed by atoms with Gasteiger partial charge < -0.3 is 15.1 Å². The van der Waals surface area contributed by atoms with E-state index < -0.39 is 0 Å². The second-order valence-electron chi connectivity index (χ2n) is 6.94. The lowest BCUT2D eigenvalue weighted by atomic mass is 9.95. The van der Waals surface area contributed by atoms with E-state index in [0.717, 1.165) is 58.2 Å². The predicted octanol–water partition coefficient (Wildman–Crippen LogP) is 2.98. The standard InChI is InChI=1S/C18H39N3O/c1-6-7-12-17(13-8-10-15-20(2)3)18(22)19-14-9-11-16-21(4)5/h17H,6-16H2,1-5H3,(H,19,22). The van der Waals surface area contributed by atoms with Crippen LogP contribution in [-0.4, -0.2) is 63.5 Å². The molecule has 0 aliphatic heterocycles. The van der Waals surface area contributed by atoms with Crippen LogP contribution in [0.25, 0.3) is 0 Å². The first-order chi connectivity index (χ1) is 10.5. The van der Waals surface area contributed by atoms with Crippen molar-refractivity contribution >= 4 is 5.91 Å². The fraction of sp³-hybridized carbons (Fsp3) is 0.944. The fourth-order valence-corrected chi connectivity index (χ4v) is 2.58. The van der Waals surface area contributed by atoms with Gasteiger partial charge in [0.05, 0.1) is 0 Å². The Hall–Kier alpha value is -0.610. The Morgan fingerprint density at radius 1 is 0.864 bits per heavy atom. The molecule has 0 aliphatic carbocycles. The van der Waals surface area contributed by atoms with Crippen molar-refractivity contribution in [1.29, 1.82) is 0 Å². The summed E-state index contributed by atoms with van der Waals surface area (Å²) in [5.74, 6) is 0.499. The second-order valence-corrected chi connectivity index (χ2v) is 6.94. The average Bonchev–Trinajstić information content (AvgIpc) is 2.45. The maximum atomic E-state index is 12.3. The fourth-order valence-electron chi connectivity index (χ4n) is 2.58. The van der Waals surface area contributed by atoms with E-state index in [1.165, 1.54) is 12.8 Å². The first-order valence-electron chi connectivity index (χ1n) is 9.04. The number of nitrogens with one attached hydrogen (secondary N) is 1. The number of amides is 1. The lowest BCUT2D eigenvalue weighted by Crippen LogP contribution is -2.32. The SMILES string of the molecule is CCCCC(CCCCN(C)C)C(=O)NCCCCN(C)C. The Morgan fingerprint density at radius 3 is 1.95 bits per heavy atom. The van der Waals surface area contributed by atoms with Crippen LogP contribution in [0.15, 0.2) is 0 Å². The lowest BCUT2D eigenvalue weighted by molar-refractivity contribution is -0.125. The van der Waals surface area contributed by atoms with E-state index in [0.29, 0.717) is 0 Å². The van der Waals surface area contributed by atoms with E-state index in [4.69, 9.17) is 0 Å². The number of hydrogen-bond donors (Lipinski definition) is 1. The van der Waals surface area contributed by atoms with Crippen molar-refractivity contribution in [2.75, 3.05) is 47.8 Å². The van der Waals surface area contributed by atoms with Gasteiger partial charge in [0.2, 0.25) is 5.91 Å². The van der Waals surface area contributed by atoms with Crippen LogP contribution in [0.4, 0.5) is 0 Å². The molecule has 4 nitrogen and oxygen atoms in total. The minimum absolute atomic E-state index is 0.218. The van der Waals surface area contributed by atoms with Gasteiger partial charge in [0.1, 0.15) is 0 Å². The summed E-state index contributed by atoms with van der Waals surface area (Å²) in [6, 6.07) is 0. The van der Waals surface area contributed by atoms with Gasteiger partial charge in [-0.2, -0.15) is 0 Å². The Bertz CT molecular complexity index is 267. The van der Waals surface area contributed by atoms with E-state index in [2.05, 4.69) is 50.2 Å². The summed E-state index contributed by atoms with van der Waals surface area (Å²) in [4.78, 5) is 16.7. The molecule has 0 aliphatic rings. The molecule has 0 bridgehead atoms. The highest BCUT2D eigenvalue weighted by atomic mass is 16.1. The molecule has 0 radical (unpaired) electrons. The van der Waals surface area contributed by atoms with Gasteiger partial charge in [-0.3, -0.25) is 4.79 Å². The summed E-state index contributed by atoms with van der Waals surface area (Å²) in [5.41, 5.74) is 0. The number of hydrogen-bond acceptors (Lipinski definition) is 3. The van der Waals surface area contributed by atoms with E-state index in [9.17, 15) is 4.79 Å². The molecule has 1 atom stereocenters. The van der Waals surface area contributed by atoms with Gasteiger partial charge in [0, 0.05) is 12.5 Å². The molecule has 0 aromatic rings. The molecule has 0 rings (SSSR count). The van der Waals surface area contributed by atoms with Crippen molar-refractivity contribution in [2.45, 2.75) is 58.3 Å². The van der Waals surface area contributed by atoms with E-state index in [1.54, 1.807) is 0 Å². The molecule has 1 N–H and O–H groups in total. The van der Waals surface area contributed by atoms with Crippen LogP contribution in [-0.2, 0) is 4.79 Å². The number of rotatable bonds is 14. The minimum Gasteiger partial charge on any atom is -0.356 e. The molecule has 0 saturated heterocycles.